The molecule has 0 radical (unpaired) electrons. The number of piperazine rings is 1. The minimum atomic E-state index is 0.0855. The number of nitrogens with one attached hydrogen (secondary N) is 1. The van der Waals surface area contributed by atoms with Crippen LogP contribution in [0.5, 0.6) is 5.75 Å². The lowest BCUT2D eigenvalue weighted by atomic mass is 10.1. The summed E-state index contributed by atoms with van der Waals surface area (Å²) >= 11 is 0. The topological polar surface area (TPSA) is 41.6 Å². The van der Waals surface area contributed by atoms with Crippen LogP contribution in [0.2, 0.25) is 0 Å². The molecule has 0 unspecified atom stereocenters. The SMILES string of the molecule is COc1cc(C(=O)N2CCNC[C@H]2C)ccc1C. The van der Waals surface area contributed by atoms with Crippen molar-refractivity contribution in [3.8, 4) is 5.75 Å². The summed E-state index contributed by atoms with van der Waals surface area (Å²) in [5, 5.41) is 3.28. The molecule has 1 fully saturated rings. The summed E-state index contributed by atoms with van der Waals surface area (Å²) in [6.45, 7) is 6.51. The van der Waals surface area contributed by atoms with Gasteiger partial charge in [-0.15, -0.1) is 0 Å². The normalized spacial score (nSPS) is 19.7. The second kappa shape index (κ2) is 5.40. The fourth-order valence-corrected chi connectivity index (χ4v) is 2.26. The number of rotatable bonds is 2. The van der Waals surface area contributed by atoms with Crippen molar-refractivity contribution >= 4 is 5.91 Å². The standard InChI is InChI=1S/C14H20N2O2/c1-10-4-5-12(8-13(10)18-3)14(17)16-7-6-15-9-11(16)2/h4-5,8,11,15H,6-7,9H2,1-3H3/t11-/m1/s1. The van der Waals surface area contributed by atoms with Crippen molar-refractivity contribution in [3.05, 3.63) is 29.3 Å². The number of amides is 1. The molecule has 1 atom stereocenters. The Hall–Kier alpha value is -1.55. The quantitative estimate of drug-likeness (QED) is 0.861. The molecule has 4 nitrogen and oxygen atoms in total. The molecule has 0 spiro atoms. The van der Waals surface area contributed by atoms with Crippen LogP contribution >= 0.6 is 0 Å². The van der Waals surface area contributed by atoms with E-state index < -0.39 is 0 Å². The van der Waals surface area contributed by atoms with E-state index in [4.69, 9.17) is 4.74 Å². The van der Waals surface area contributed by atoms with E-state index in [-0.39, 0.29) is 11.9 Å². The summed E-state index contributed by atoms with van der Waals surface area (Å²) in [6.07, 6.45) is 0. The van der Waals surface area contributed by atoms with Crippen LogP contribution in [0.4, 0.5) is 0 Å². The molecule has 1 saturated heterocycles. The molecule has 1 N–H and O–H groups in total. The molecule has 2 rings (SSSR count). The summed E-state index contributed by atoms with van der Waals surface area (Å²) in [4.78, 5) is 14.3. The molecule has 1 aliphatic heterocycles. The average molecular weight is 248 g/mol. The first kappa shape index (κ1) is 12.9. The van der Waals surface area contributed by atoms with Crippen molar-refractivity contribution in [1.29, 1.82) is 0 Å². The van der Waals surface area contributed by atoms with Gasteiger partial charge in [0, 0.05) is 31.2 Å². The molecule has 1 aromatic carbocycles. The summed E-state index contributed by atoms with van der Waals surface area (Å²) in [5.74, 6) is 0.853. The predicted octanol–water partition coefficient (Wildman–Crippen LogP) is 1.44. The van der Waals surface area contributed by atoms with Crippen molar-refractivity contribution in [1.82, 2.24) is 10.2 Å². The number of aryl methyl sites for hydroxylation is 1. The molecule has 1 aromatic rings. The fourth-order valence-electron chi connectivity index (χ4n) is 2.26. The second-order valence-electron chi connectivity index (χ2n) is 4.74. The van der Waals surface area contributed by atoms with E-state index in [2.05, 4.69) is 12.2 Å². The second-order valence-corrected chi connectivity index (χ2v) is 4.74. The van der Waals surface area contributed by atoms with Gasteiger partial charge >= 0.3 is 0 Å². The maximum absolute atomic E-state index is 12.4. The van der Waals surface area contributed by atoms with E-state index in [1.54, 1.807) is 7.11 Å². The van der Waals surface area contributed by atoms with E-state index in [9.17, 15) is 4.79 Å². The highest BCUT2D eigenvalue weighted by Gasteiger charge is 2.24. The number of benzene rings is 1. The van der Waals surface area contributed by atoms with Gasteiger partial charge in [0.25, 0.3) is 5.91 Å². The molecule has 1 heterocycles. The molecule has 0 aliphatic carbocycles. The lowest BCUT2D eigenvalue weighted by Gasteiger charge is -2.34. The molecule has 18 heavy (non-hydrogen) atoms. The number of carbonyl (C=O) groups is 1. The Kier molecular flexibility index (Phi) is 3.87. The molecule has 0 aromatic heterocycles. The van der Waals surface area contributed by atoms with Crippen molar-refractivity contribution in [3.63, 3.8) is 0 Å². The molecule has 0 bridgehead atoms. The largest absolute Gasteiger partial charge is 0.496 e. The van der Waals surface area contributed by atoms with E-state index in [1.165, 1.54) is 0 Å². The van der Waals surface area contributed by atoms with Crippen LogP contribution in [-0.2, 0) is 0 Å². The number of ether oxygens (including phenoxy) is 1. The zero-order valence-corrected chi connectivity index (χ0v) is 11.2. The monoisotopic (exact) mass is 248 g/mol. The Morgan fingerprint density at radius 2 is 2.28 bits per heavy atom. The summed E-state index contributed by atoms with van der Waals surface area (Å²) < 4.78 is 5.27. The summed E-state index contributed by atoms with van der Waals surface area (Å²) in [6, 6.07) is 5.86. The lowest BCUT2D eigenvalue weighted by Crippen LogP contribution is -2.52. The van der Waals surface area contributed by atoms with Crippen molar-refractivity contribution in [2.24, 2.45) is 0 Å². The summed E-state index contributed by atoms with van der Waals surface area (Å²) in [5.41, 5.74) is 1.74. The summed E-state index contributed by atoms with van der Waals surface area (Å²) in [7, 11) is 1.63. The van der Waals surface area contributed by atoms with Gasteiger partial charge < -0.3 is 15.0 Å². The highest BCUT2D eigenvalue weighted by Crippen LogP contribution is 2.20. The highest BCUT2D eigenvalue weighted by atomic mass is 16.5. The van der Waals surface area contributed by atoms with Crippen LogP contribution in [0.25, 0.3) is 0 Å². The van der Waals surface area contributed by atoms with Crippen molar-refractivity contribution < 1.29 is 9.53 Å². The highest BCUT2D eigenvalue weighted by molar-refractivity contribution is 5.95. The molecule has 1 amide bonds. The Morgan fingerprint density at radius 3 is 2.94 bits per heavy atom. The Morgan fingerprint density at radius 1 is 1.50 bits per heavy atom. The van der Waals surface area contributed by atoms with Crippen LogP contribution < -0.4 is 10.1 Å². The van der Waals surface area contributed by atoms with Crippen molar-refractivity contribution in [2.45, 2.75) is 19.9 Å². The van der Waals surface area contributed by atoms with Gasteiger partial charge in [0.05, 0.1) is 7.11 Å². The molecule has 0 saturated carbocycles. The molecule has 4 heteroatoms. The van der Waals surface area contributed by atoms with E-state index in [0.717, 1.165) is 30.9 Å². The van der Waals surface area contributed by atoms with Gasteiger partial charge in [0.15, 0.2) is 0 Å². The fraction of sp³-hybridized carbons (Fsp3) is 0.500. The third-order valence-electron chi connectivity index (χ3n) is 3.42. The van der Waals surface area contributed by atoms with Crippen LogP contribution in [0, 0.1) is 6.92 Å². The number of nitrogens with zero attached hydrogens (tertiary/aromatic N) is 1. The van der Waals surface area contributed by atoms with E-state index in [1.807, 2.05) is 30.0 Å². The molecule has 98 valence electrons. The minimum absolute atomic E-state index is 0.0855. The Bertz CT molecular complexity index is 445. The van der Waals surface area contributed by atoms with Gasteiger partial charge in [0.1, 0.15) is 5.75 Å². The van der Waals surface area contributed by atoms with Gasteiger partial charge in [-0.25, -0.2) is 0 Å². The Labute approximate surface area is 108 Å². The average Bonchev–Trinajstić information content (AvgIpc) is 2.39. The zero-order valence-electron chi connectivity index (χ0n) is 11.2. The van der Waals surface area contributed by atoms with Gasteiger partial charge in [0.2, 0.25) is 0 Å². The van der Waals surface area contributed by atoms with Crippen LogP contribution in [0.15, 0.2) is 18.2 Å². The van der Waals surface area contributed by atoms with E-state index in [0.29, 0.717) is 5.56 Å². The number of hydrogen-bond acceptors (Lipinski definition) is 3. The molecule has 1 aliphatic rings. The minimum Gasteiger partial charge on any atom is -0.496 e. The van der Waals surface area contributed by atoms with Gasteiger partial charge in [-0.3, -0.25) is 4.79 Å². The van der Waals surface area contributed by atoms with E-state index >= 15 is 0 Å². The number of hydrogen-bond donors (Lipinski definition) is 1. The van der Waals surface area contributed by atoms with Crippen molar-refractivity contribution in [2.75, 3.05) is 26.7 Å². The van der Waals surface area contributed by atoms with Gasteiger partial charge in [-0.2, -0.15) is 0 Å². The van der Waals surface area contributed by atoms with Gasteiger partial charge in [-0.05, 0) is 31.5 Å². The predicted molar refractivity (Wildman–Crippen MR) is 71.1 cm³/mol. The first-order valence-electron chi connectivity index (χ1n) is 6.30. The van der Waals surface area contributed by atoms with Crippen LogP contribution in [-0.4, -0.2) is 43.6 Å². The zero-order chi connectivity index (χ0) is 13.1. The number of carbonyl (C=O) groups excluding carboxylic acids is 1. The molecular weight excluding hydrogens is 228 g/mol. The maximum Gasteiger partial charge on any atom is 0.254 e. The third-order valence-corrected chi connectivity index (χ3v) is 3.42. The Balaban J connectivity index is 2.22. The lowest BCUT2D eigenvalue weighted by molar-refractivity contribution is 0.0655. The van der Waals surface area contributed by atoms with Crippen LogP contribution in [0.1, 0.15) is 22.8 Å². The molecular formula is C14H20N2O2. The maximum atomic E-state index is 12.4. The van der Waals surface area contributed by atoms with Crippen LogP contribution in [0.3, 0.4) is 0 Å². The number of methoxy groups -OCH3 is 1. The smallest absolute Gasteiger partial charge is 0.254 e. The first-order chi connectivity index (χ1) is 8.63. The van der Waals surface area contributed by atoms with Gasteiger partial charge in [-0.1, -0.05) is 6.07 Å². The third kappa shape index (κ3) is 2.48. The first-order valence-corrected chi connectivity index (χ1v) is 6.30.